The molecule has 2 saturated heterocycles. The lowest BCUT2D eigenvalue weighted by molar-refractivity contribution is -0.346. The van der Waals surface area contributed by atoms with Gasteiger partial charge in [0, 0.05) is 0 Å². The Labute approximate surface area is 319 Å². The van der Waals surface area contributed by atoms with Gasteiger partial charge in [0.25, 0.3) is 0 Å². The average Bonchev–Trinajstić information content (AvgIpc) is 2.84. The Hall–Kier alpha value is 1.08. The summed E-state index contributed by atoms with van der Waals surface area (Å²) in [4.78, 5) is 0. The molecule has 2 heterocycles. The molecule has 0 amide bonds. The minimum Gasteiger partial charge on any atom is -0.415 e. The molecular weight excluding hydrogens is 769 g/mol. The van der Waals surface area contributed by atoms with Gasteiger partial charge in [0.2, 0.25) is 0 Å². The zero-order chi connectivity index (χ0) is 39.8. The van der Waals surface area contributed by atoms with Gasteiger partial charge in [-0.3, -0.25) is 0 Å². The van der Waals surface area contributed by atoms with Gasteiger partial charge in [0.05, 0.1) is 13.2 Å². The van der Waals surface area contributed by atoms with Crippen molar-refractivity contribution in [3.63, 3.8) is 0 Å². The highest BCUT2D eigenvalue weighted by atomic mass is 28.4. The highest BCUT2D eigenvalue weighted by molar-refractivity contribution is 6.72. The Balaban J connectivity index is 2.83. The standard InChI is InChI=1S/C33H78O11Si7/c1-45(2,3)35-22-24-26(28(41-48(10,11)12)30(32(34)37-24)43-50(16,17)18)39-33-31(44-51(19,20)21)29(42-49(13,14)15)27(40-47(7,8)9)25(38-33)23-36-46(4,5)6/h24-34H,22-23H2,1-21H3/t24-,25-,26?,27-,28+,29+,30-,31-,32-,33-/m1/s1. The highest BCUT2D eigenvalue weighted by Crippen LogP contribution is 2.38. The van der Waals surface area contributed by atoms with Crippen LogP contribution < -0.4 is 0 Å². The normalized spacial score (nSPS) is 32.4. The molecule has 304 valence electrons. The van der Waals surface area contributed by atoms with E-state index in [4.69, 9.17) is 45.2 Å². The summed E-state index contributed by atoms with van der Waals surface area (Å²) in [5.74, 6) is 0. The van der Waals surface area contributed by atoms with E-state index >= 15 is 0 Å². The van der Waals surface area contributed by atoms with Gasteiger partial charge < -0.3 is 50.3 Å². The molecule has 18 heteroatoms. The molecule has 0 saturated carbocycles. The maximum Gasteiger partial charge on any atom is 0.186 e. The highest BCUT2D eigenvalue weighted by Gasteiger charge is 2.56. The van der Waals surface area contributed by atoms with Gasteiger partial charge in [-0.05, 0) is 137 Å². The van der Waals surface area contributed by atoms with Crippen LogP contribution in [0.4, 0.5) is 0 Å². The lowest BCUT2D eigenvalue weighted by Gasteiger charge is -2.53. The second-order valence-electron chi connectivity index (χ2n) is 21.0. The fraction of sp³-hybridized carbons (Fsp3) is 1.00. The summed E-state index contributed by atoms with van der Waals surface area (Å²) in [7, 11) is -14.9. The van der Waals surface area contributed by atoms with Crippen LogP contribution in [0.15, 0.2) is 0 Å². The Morgan fingerprint density at radius 3 is 1.06 bits per heavy atom. The second kappa shape index (κ2) is 17.7. The second-order valence-corrected chi connectivity index (χ2v) is 52.4. The van der Waals surface area contributed by atoms with E-state index in [1.807, 2.05) is 0 Å². The summed E-state index contributed by atoms with van der Waals surface area (Å²) in [5, 5.41) is 11.5. The van der Waals surface area contributed by atoms with E-state index < -0.39 is 120 Å². The molecule has 0 spiro atoms. The van der Waals surface area contributed by atoms with Crippen molar-refractivity contribution in [1.29, 1.82) is 0 Å². The minimum absolute atomic E-state index is 0.229. The van der Waals surface area contributed by atoms with Crippen molar-refractivity contribution < 1.29 is 50.3 Å². The molecule has 0 aliphatic carbocycles. The van der Waals surface area contributed by atoms with Crippen LogP contribution in [0.1, 0.15) is 0 Å². The van der Waals surface area contributed by atoms with E-state index in [-0.39, 0.29) is 6.61 Å². The molecule has 1 unspecified atom stereocenters. The van der Waals surface area contributed by atoms with Gasteiger partial charge in [-0.1, -0.05) is 0 Å². The molecule has 51 heavy (non-hydrogen) atoms. The van der Waals surface area contributed by atoms with Crippen LogP contribution >= 0.6 is 0 Å². The smallest absolute Gasteiger partial charge is 0.186 e. The largest absolute Gasteiger partial charge is 0.415 e. The van der Waals surface area contributed by atoms with E-state index in [1.165, 1.54) is 0 Å². The Bertz CT molecular complexity index is 1070. The SMILES string of the molecule is C[Si](C)(C)OC[C@H]1O[C@@H](O)[C@H](O[Si](C)(C)C)[C@@H](O[Si](C)(C)C)C1O[C@H]1O[C@H](CO[Si](C)(C)C)[C@@H](O[Si](C)(C)C)[C@H](O[Si](C)(C)C)[C@H]1O[Si](C)(C)C. The van der Waals surface area contributed by atoms with E-state index in [2.05, 4.69) is 137 Å². The number of aliphatic hydroxyl groups is 1. The fourth-order valence-corrected chi connectivity index (χ4v) is 12.6. The predicted octanol–water partition coefficient (Wildman–Crippen LogP) is 7.62. The molecule has 1 N–H and O–H groups in total. The van der Waals surface area contributed by atoms with Crippen LogP contribution in [0, 0.1) is 0 Å². The molecule has 2 rings (SSSR count). The summed E-state index contributed by atoms with van der Waals surface area (Å²) in [6, 6.07) is 0. The quantitative estimate of drug-likeness (QED) is 0.138. The molecule has 11 nitrogen and oxygen atoms in total. The third kappa shape index (κ3) is 18.3. The van der Waals surface area contributed by atoms with Crippen LogP contribution in [0.2, 0.25) is 137 Å². The van der Waals surface area contributed by atoms with Gasteiger partial charge in [-0.25, -0.2) is 0 Å². The number of ether oxygens (including phenoxy) is 3. The first-order valence-corrected chi connectivity index (χ1v) is 42.7. The third-order valence-electron chi connectivity index (χ3n) is 7.30. The van der Waals surface area contributed by atoms with Gasteiger partial charge in [0.1, 0.15) is 48.8 Å². The maximum absolute atomic E-state index is 11.5. The zero-order valence-corrected chi connectivity index (χ0v) is 43.2. The van der Waals surface area contributed by atoms with E-state index in [0.29, 0.717) is 6.61 Å². The van der Waals surface area contributed by atoms with E-state index in [9.17, 15) is 5.11 Å². The van der Waals surface area contributed by atoms with Crippen LogP contribution in [0.5, 0.6) is 0 Å². The monoisotopic (exact) mass is 846 g/mol. The minimum atomic E-state index is -2.23. The molecule has 2 aliphatic heterocycles. The first-order valence-electron chi connectivity index (χ1n) is 18.8. The Morgan fingerprint density at radius 2 is 0.686 bits per heavy atom. The lowest BCUT2D eigenvalue weighted by Crippen LogP contribution is -2.69. The summed E-state index contributed by atoms with van der Waals surface area (Å²) in [5.41, 5.74) is 0. The summed E-state index contributed by atoms with van der Waals surface area (Å²) in [6.07, 6.45) is -6.86. The van der Waals surface area contributed by atoms with Gasteiger partial charge in [-0.2, -0.15) is 0 Å². The van der Waals surface area contributed by atoms with Crippen LogP contribution in [-0.4, -0.2) is 138 Å². The average molecular weight is 848 g/mol. The molecule has 0 aromatic carbocycles. The zero-order valence-electron chi connectivity index (χ0n) is 36.2. The fourth-order valence-electron chi connectivity index (χ4n) is 5.84. The van der Waals surface area contributed by atoms with Crippen molar-refractivity contribution in [2.75, 3.05) is 13.2 Å². The van der Waals surface area contributed by atoms with E-state index in [0.717, 1.165) is 0 Å². The molecular formula is C33H78O11Si7. The Kier molecular flexibility index (Phi) is 16.7. The number of hydrogen-bond acceptors (Lipinski definition) is 11. The molecule has 0 aromatic heterocycles. The predicted molar refractivity (Wildman–Crippen MR) is 224 cm³/mol. The molecule has 0 bridgehead atoms. The Morgan fingerprint density at radius 1 is 0.373 bits per heavy atom. The van der Waals surface area contributed by atoms with E-state index in [1.54, 1.807) is 0 Å². The van der Waals surface area contributed by atoms with Crippen molar-refractivity contribution in [2.45, 2.75) is 199 Å². The first kappa shape index (κ1) is 48.2. The summed E-state index contributed by atoms with van der Waals surface area (Å²) >= 11 is 0. The lowest BCUT2D eigenvalue weighted by atomic mass is 9.97. The molecule has 0 radical (unpaired) electrons. The summed E-state index contributed by atoms with van der Waals surface area (Å²) < 4.78 is 68.5. The molecule has 0 aromatic rings. The van der Waals surface area contributed by atoms with Crippen molar-refractivity contribution in [2.24, 2.45) is 0 Å². The third-order valence-corrected chi connectivity index (χ3v) is 14.3. The van der Waals surface area contributed by atoms with Crippen molar-refractivity contribution >= 4 is 58.2 Å². The van der Waals surface area contributed by atoms with Gasteiger partial charge in [0.15, 0.2) is 70.8 Å². The molecule has 2 fully saturated rings. The van der Waals surface area contributed by atoms with Crippen molar-refractivity contribution in [1.82, 2.24) is 0 Å². The topological polar surface area (TPSA) is 113 Å². The van der Waals surface area contributed by atoms with Crippen molar-refractivity contribution in [3.8, 4) is 0 Å². The number of rotatable bonds is 18. The van der Waals surface area contributed by atoms with Gasteiger partial charge >= 0.3 is 0 Å². The van der Waals surface area contributed by atoms with Gasteiger partial charge in [-0.15, -0.1) is 0 Å². The van der Waals surface area contributed by atoms with Crippen LogP contribution in [-0.2, 0) is 45.2 Å². The molecule has 2 aliphatic rings. The number of hydrogen-bond donors (Lipinski definition) is 1. The summed E-state index contributed by atoms with van der Waals surface area (Å²) in [6.45, 7) is 45.9. The van der Waals surface area contributed by atoms with Crippen LogP contribution in [0.25, 0.3) is 0 Å². The van der Waals surface area contributed by atoms with Crippen molar-refractivity contribution in [3.05, 3.63) is 0 Å². The number of aliphatic hydroxyl groups excluding tert-OH is 1. The molecule has 10 atom stereocenters. The maximum atomic E-state index is 11.5. The van der Waals surface area contributed by atoms with Crippen LogP contribution in [0.3, 0.4) is 0 Å². The first-order chi connectivity index (χ1) is 22.5.